The second-order valence-corrected chi connectivity index (χ2v) is 8.79. The highest BCUT2D eigenvalue weighted by molar-refractivity contribution is 5.90. The van der Waals surface area contributed by atoms with Gasteiger partial charge in [0.05, 0.1) is 24.4 Å². The number of ether oxygens (including phenoxy) is 3. The van der Waals surface area contributed by atoms with Crippen molar-refractivity contribution in [2.45, 2.75) is 70.9 Å². The van der Waals surface area contributed by atoms with Gasteiger partial charge in [-0.15, -0.1) is 0 Å². The van der Waals surface area contributed by atoms with E-state index in [9.17, 15) is 15.0 Å². The second kappa shape index (κ2) is 8.36. The number of aromatic hydroxyl groups is 1. The van der Waals surface area contributed by atoms with E-state index in [1.807, 2.05) is 27.7 Å². The van der Waals surface area contributed by atoms with Crippen LogP contribution in [0.25, 0.3) is 0 Å². The third-order valence-electron chi connectivity index (χ3n) is 6.17. The Morgan fingerprint density at radius 1 is 1.34 bits per heavy atom. The average Bonchev–Trinajstić information content (AvgIpc) is 3.32. The fraction of sp³-hybridized carbons (Fsp3) is 0.609. The number of fused-ring (bicyclic) bond motifs is 1. The molecule has 3 rings (SSSR count). The van der Waals surface area contributed by atoms with Crippen LogP contribution in [0.1, 0.15) is 57.3 Å². The molecular formula is C23H32O6. The highest BCUT2D eigenvalue weighted by Crippen LogP contribution is 2.47. The molecule has 0 saturated carbocycles. The molecular weight excluding hydrogens is 372 g/mol. The zero-order chi connectivity index (χ0) is 21.3. The molecule has 0 bridgehead atoms. The average molecular weight is 405 g/mol. The van der Waals surface area contributed by atoms with Crippen LogP contribution >= 0.6 is 0 Å². The molecule has 1 aliphatic carbocycles. The fourth-order valence-electron chi connectivity index (χ4n) is 4.41. The smallest absolute Gasteiger partial charge is 0.338 e. The lowest BCUT2D eigenvalue weighted by Crippen LogP contribution is -2.43. The number of aliphatic hydroxyl groups is 1. The van der Waals surface area contributed by atoms with E-state index in [1.165, 1.54) is 25.3 Å². The first-order valence-electron chi connectivity index (χ1n) is 10.3. The molecule has 29 heavy (non-hydrogen) atoms. The van der Waals surface area contributed by atoms with Crippen molar-refractivity contribution in [3.8, 4) is 11.5 Å². The number of allylic oxidation sites excluding steroid dienone is 1. The second-order valence-electron chi connectivity index (χ2n) is 8.79. The molecule has 1 aliphatic heterocycles. The van der Waals surface area contributed by atoms with E-state index in [2.05, 4.69) is 6.08 Å². The summed E-state index contributed by atoms with van der Waals surface area (Å²) < 4.78 is 16.9. The Morgan fingerprint density at radius 3 is 2.72 bits per heavy atom. The molecule has 1 aromatic rings. The summed E-state index contributed by atoms with van der Waals surface area (Å²) in [6, 6.07) is 4.37. The van der Waals surface area contributed by atoms with Crippen LogP contribution in [-0.4, -0.2) is 47.2 Å². The number of phenols is 1. The quantitative estimate of drug-likeness (QED) is 0.450. The lowest BCUT2D eigenvalue weighted by Gasteiger charge is -2.34. The molecule has 5 atom stereocenters. The first-order valence-corrected chi connectivity index (χ1v) is 10.3. The maximum absolute atomic E-state index is 12.9. The standard InChI is InChI=1S/C23H32O6/c1-13(2)19-18(28-22(26)15-8-9-16(24)17(12-15)27-5)11-14(3)7-6-10-23(4)21(29-23)20(19)25/h7-9,12-13,18-21,24-25H,6,10-11H2,1-5H3/t18-,19-,20-,21-,23-/m1/s1. The predicted octanol–water partition coefficient (Wildman–Crippen LogP) is 3.85. The fourth-order valence-corrected chi connectivity index (χ4v) is 4.41. The van der Waals surface area contributed by atoms with Gasteiger partial charge in [0.25, 0.3) is 0 Å². The summed E-state index contributed by atoms with van der Waals surface area (Å²) in [6.45, 7) is 8.13. The zero-order valence-corrected chi connectivity index (χ0v) is 17.8. The van der Waals surface area contributed by atoms with Crippen molar-refractivity contribution in [1.82, 2.24) is 0 Å². The Labute approximate surface area is 172 Å². The predicted molar refractivity (Wildman–Crippen MR) is 109 cm³/mol. The number of esters is 1. The molecule has 0 radical (unpaired) electrons. The summed E-state index contributed by atoms with van der Waals surface area (Å²) in [4.78, 5) is 12.9. The number of rotatable bonds is 4. The van der Waals surface area contributed by atoms with Crippen LogP contribution in [0.4, 0.5) is 0 Å². The maximum atomic E-state index is 12.9. The molecule has 2 aliphatic rings. The Balaban J connectivity index is 1.88. The number of hydrogen-bond donors (Lipinski definition) is 2. The lowest BCUT2D eigenvalue weighted by atomic mass is 9.78. The van der Waals surface area contributed by atoms with Crippen LogP contribution < -0.4 is 4.74 Å². The Kier molecular flexibility index (Phi) is 6.24. The minimum absolute atomic E-state index is 0.0397. The Hall–Kier alpha value is -2.05. The van der Waals surface area contributed by atoms with Gasteiger partial charge in [-0.05, 0) is 50.8 Å². The summed E-state index contributed by atoms with van der Waals surface area (Å²) in [5.41, 5.74) is 1.11. The zero-order valence-electron chi connectivity index (χ0n) is 17.8. The van der Waals surface area contributed by atoms with Crippen molar-refractivity contribution < 1.29 is 29.2 Å². The Morgan fingerprint density at radius 2 is 2.07 bits per heavy atom. The topological polar surface area (TPSA) is 88.5 Å². The summed E-state index contributed by atoms with van der Waals surface area (Å²) >= 11 is 0. The van der Waals surface area contributed by atoms with E-state index in [-0.39, 0.29) is 35.0 Å². The summed E-state index contributed by atoms with van der Waals surface area (Å²) in [6.07, 6.45) is 3.03. The van der Waals surface area contributed by atoms with Crippen LogP contribution in [0.3, 0.4) is 0 Å². The van der Waals surface area contributed by atoms with E-state index in [4.69, 9.17) is 14.2 Å². The van der Waals surface area contributed by atoms with Crippen LogP contribution in [-0.2, 0) is 9.47 Å². The van der Waals surface area contributed by atoms with Crippen LogP contribution in [0.2, 0.25) is 0 Å². The highest BCUT2D eigenvalue weighted by Gasteiger charge is 2.58. The molecule has 1 aromatic carbocycles. The van der Waals surface area contributed by atoms with Gasteiger partial charge in [-0.3, -0.25) is 0 Å². The van der Waals surface area contributed by atoms with Crippen molar-refractivity contribution in [3.05, 3.63) is 35.4 Å². The van der Waals surface area contributed by atoms with Gasteiger partial charge in [0.2, 0.25) is 0 Å². The number of carbonyl (C=O) groups excluding carboxylic acids is 1. The van der Waals surface area contributed by atoms with Gasteiger partial charge in [0.15, 0.2) is 11.5 Å². The van der Waals surface area contributed by atoms with Crippen LogP contribution in [0.5, 0.6) is 11.5 Å². The third-order valence-corrected chi connectivity index (χ3v) is 6.17. The van der Waals surface area contributed by atoms with Crippen molar-refractivity contribution in [2.75, 3.05) is 7.11 Å². The number of benzene rings is 1. The van der Waals surface area contributed by atoms with Gasteiger partial charge in [-0.1, -0.05) is 25.5 Å². The molecule has 1 saturated heterocycles. The summed E-state index contributed by atoms with van der Waals surface area (Å²) in [7, 11) is 1.43. The molecule has 6 heteroatoms. The van der Waals surface area contributed by atoms with Crippen LogP contribution in [0, 0.1) is 11.8 Å². The number of hydrogen-bond acceptors (Lipinski definition) is 6. The summed E-state index contributed by atoms with van der Waals surface area (Å²) in [5.74, 6) is -0.495. The molecule has 1 fully saturated rings. The van der Waals surface area contributed by atoms with Crippen molar-refractivity contribution in [1.29, 1.82) is 0 Å². The van der Waals surface area contributed by atoms with Crippen LogP contribution in [0.15, 0.2) is 29.8 Å². The normalized spacial score (nSPS) is 32.2. The number of phenolic OH excluding ortho intramolecular Hbond substituents is 1. The molecule has 0 spiro atoms. The minimum atomic E-state index is -0.710. The number of carbonyl (C=O) groups is 1. The van der Waals surface area contributed by atoms with E-state index >= 15 is 0 Å². The molecule has 2 N–H and O–H groups in total. The molecule has 0 amide bonds. The SMILES string of the molecule is COc1cc(C(=O)O[C@@H]2CC(C)=CCC[C@@]3(C)O[C@@H]3[C@H](O)[C@@H]2C(C)C)ccc1O. The van der Waals surface area contributed by atoms with Crippen molar-refractivity contribution in [2.24, 2.45) is 11.8 Å². The van der Waals surface area contributed by atoms with Gasteiger partial charge >= 0.3 is 5.97 Å². The maximum Gasteiger partial charge on any atom is 0.338 e. The summed E-state index contributed by atoms with van der Waals surface area (Å²) in [5, 5.41) is 20.9. The van der Waals surface area contributed by atoms with Gasteiger partial charge in [0, 0.05) is 12.3 Å². The van der Waals surface area contributed by atoms with Crippen molar-refractivity contribution in [3.63, 3.8) is 0 Å². The molecule has 6 nitrogen and oxygen atoms in total. The highest BCUT2D eigenvalue weighted by atomic mass is 16.6. The van der Waals surface area contributed by atoms with Gasteiger partial charge < -0.3 is 24.4 Å². The minimum Gasteiger partial charge on any atom is -0.504 e. The number of epoxide rings is 1. The number of aliphatic hydroxyl groups excluding tert-OH is 1. The van der Waals surface area contributed by atoms with E-state index in [0.29, 0.717) is 12.0 Å². The molecule has 1 heterocycles. The monoisotopic (exact) mass is 404 g/mol. The first kappa shape index (κ1) is 21.7. The Bertz CT molecular complexity index is 786. The third kappa shape index (κ3) is 4.59. The van der Waals surface area contributed by atoms with Gasteiger partial charge in [0.1, 0.15) is 12.2 Å². The first-order chi connectivity index (χ1) is 13.7. The largest absolute Gasteiger partial charge is 0.504 e. The van der Waals surface area contributed by atoms with E-state index in [1.54, 1.807) is 0 Å². The van der Waals surface area contributed by atoms with Crippen molar-refractivity contribution >= 4 is 5.97 Å². The van der Waals surface area contributed by atoms with Gasteiger partial charge in [-0.25, -0.2) is 4.79 Å². The molecule has 0 aromatic heterocycles. The number of methoxy groups -OCH3 is 1. The van der Waals surface area contributed by atoms with E-state index in [0.717, 1.165) is 18.4 Å². The van der Waals surface area contributed by atoms with E-state index < -0.39 is 18.2 Å². The lowest BCUT2D eigenvalue weighted by molar-refractivity contribution is -0.0419. The molecule has 160 valence electrons. The molecule has 0 unspecified atom stereocenters. The van der Waals surface area contributed by atoms with Gasteiger partial charge in [-0.2, -0.15) is 0 Å².